The van der Waals surface area contributed by atoms with Crippen LogP contribution in [0.15, 0.2) is 72.8 Å². The first-order chi connectivity index (χ1) is 17.0. The van der Waals surface area contributed by atoms with Crippen LogP contribution in [0.1, 0.15) is 46.4 Å². The fraction of sp³-hybridized carbons (Fsp3) is 0.241. The lowest BCUT2D eigenvalue weighted by Crippen LogP contribution is -2.01. The highest BCUT2D eigenvalue weighted by Crippen LogP contribution is 2.24. The molecular formula is C29H28O6. The van der Waals surface area contributed by atoms with Crippen LogP contribution in [0.25, 0.3) is 21.5 Å². The van der Waals surface area contributed by atoms with Gasteiger partial charge in [-0.15, -0.1) is 0 Å². The SMILES string of the molecule is COC(=O)c1ccc2cc(OCCCCCCOc3ccc4cc(C(=O)O)ccc4c3)ccc2c1. The lowest BCUT2D eigenvalue weighted by molar-refractivity contribution is 0.0600. The zero-order chi connectivity index (χ0) is 24.6. The van der Waals surface area contributed by atoms with E-state index in [1.165, 1.54) is 7.11 Å². The van der Waals surface area contributed by atoms with Crippen LogP contribution in [0.3, 0.4) is 0 Å². The van der Waals surface area contributed by atoms with Crippen molar-refractivity contribution in [1.29, 1.82) is 0 Å². The molecule has 0 heterocycles. The summed E-state index contributed by atoms with van der Waals surface area (Å²) in [6.45, 7) is 1.29. The Morgan fingerprint density at radius 2 is 1.09 bits per heavy atom. The molecule has 0 aromatic heterocycles. The van der Waals surface area contributed by atoms with Gasteiger partial charge in [-0.05, 0) is 95.8 Å². The fourth-order valence-corrected chi connectivity index (χ4v) is 3.94. The van der Waals surface area contributed by atoms with Crippen molar-refractivity contribution in [3.63, 3.8) is 0 Å². The molecule has 0 saturated carbocycles. The van der Waals surface area contributed by atoms with Gasteiger partial charge in [-0.2, -0.15) is 0 Å². The Hall–Kier alpha value is -4.06. The van der Waals surface area contributed by atoms with Gasteiger partial charge in [-0.25, -0.2) is 9.59 Å². The third kappa shape index (κ3) is 6.29. The van der Waals surface area contributed by atoms with Gasteiger partial charge in [0.05, 0.1) is 31.5 Å². The number of unbranched alkanes of at least 4 members (excludes halogenated alkanes) is 3. The summed E-state index contributed by atoms with van der Waals surface area (Å²) in [6.07, 6.45) is 4.01. The van der Waals surface area contributed by atoms with E-state index < -0.39 is 5.97 Å². The monoisotopic (exact) mass is 472 g/mol. The number of esters is 1. The number of carboxylic acids is 1. The van der Waals surface area contributed by atoms with E-state index in [2.05, 4.69) is 0 Å². The second-order valence-corrected chi connectivity index (χ2v) is 8.36. The average Bonchev–Trinajstić information content (AvgIpc) is 2.88. The summed E-state index contributed by atoms with van der Waals surface area (Å²) in [6, 6.07) is 22.1. The Balaban J connectivity index is 1.15. The molecule has 0 amide bonds. The molecule has 4 aromatic carbocycles. The number of hydrogen-bond donors (Lipinski definition) is 1. The number of carboxylic acid groups (broad SMARTS) is 1. The molecule has 0 radical (unpaired) electrons. The standard InChI is InChI=1S/C29H28O6/c1-33-29(32)25-9-7-23-19-27(13-11-21(23)17-25)35-15-5-3-2-4-14-34-26-12-10-20-16-24(28(30)31)8-6-22(20)18-26/h6-13,16-19H,2-5,14-15H2,1H3,(H,30,31). The molecular weight excluding hydrogens is 444 g/mol. The van der Waals surface area contributed by atoms with Crippen LogP contribution < -0.4 is 9.47 Å². The Morgan fingerprint density at radius 3 is 1.60 bits per heavy atom. The number of aromatic carboxylic acids is 1. The quantitative estimate of drug-likeness (QED) is 0.198. The summed E-state index contributed by atoms with van der Waals surface area (Å²) in [5.41, 5.74) is 0.817. The van der Waals surface area contributed by atoms with Gasteiger partial charge in [-0.3, -0.25) is 0 Å². The third-order valence-corrected chi connectivity index (χ3v) is 5.87. The summed E-state index contributed by atoms with van der Waals surface area (Å²) >= 11 is 0. The molecule has 0 atom stereocenters. The van der Waals surface area contributed by atoms with Gasteiger partial charge in [0.25, 0.3) is 0 Å². The van der Waals surface area contributed by atoms with Crippen molar-refractivity contribution in [3.8, 4) is 11.5 Å². The molecule has 0 aliphatic rings. The number of rotatable bonds is 11. The highest BCUT2D eigenvalue weighted by molar-refractivity contribution is 5.96. The van der Waals surface area contributed by atoms with E-state index in [0.717, 1.165) is 58.7 Å². The van der Waals surface area contributed by atoms with Crippen molar-refractivity contribution in [2.75, 3.05) is 20.3 Å². The van der Waals surface area contributed by atoms with Gasteiger partial charge in [0.15, 0.2) is 0 Å². The summed E-state index contributed by atoms with van der Waals surface area (Å²) in [4.78, 5) is 22.8. The summed E-state index contributed by atoms with van der Waals surface area (Å²) in [5, 5.41) is 12.9. The van der Waals surface area contributed by atoms with Crippen molar-refractivity contribution >= 4 is 33.5 Å². The maximum atomic E-state index is 11.7. The number of carbonyl (C=O) groups is 2. The number of carbonyl (C=O) groups excluding carboxylic acids is 1. The zero-order valence-corrected chi connectivity index (χ0v) is 19.7. The van der Waals surface area contributed by atoms with Crippen LogP contribution in [-0.4, -0.2) is 37.4 Å². The van der Waals surface area contributed by atoms with E-state index >= 15 is 0 Å². The van der Waals surface area contributed by atoms with E-state index in [4.69, 9.17) is 19.3 Å². The maximum absolute atomic E-state index is 11.7. The van der Waals surface area contributed by atoms with E-state index in [9.17, 15) is 9.59 Å². The number of hydrogen-bond acceptors (Lipinski definition) is 5. The summed E-state index contributed by atoms with van der Waals surface area (Å²) < 4.78 is 16.5. The molecule has 0 fully saturated rings. The van der Waals surface area contributed by atoms with Crippen LogP contribution in [0.2, 0.25) is 0 Å². The van der Waals surface area contributed by atoms with Gasteiger partial charge in [0.2, 0.25) is 0 Å². The lowest BCUT2D eigenvalue weighted by atomic mass is 10.1. The van der Waals surface area contributed by atoms with Gasteiger partial charge >= 0.3 is 11.9 Å². The van der Waals surface area contributed by atoms with Gasteiger partial charge in [-0.1, -0.05) is 24.3 Å². The first-order valence-corrected chi connectivity index (χ1v) is 11.7. The van der Waals surface area contributed by atoms with Crippen molar-refractivity contribution in [1.82, 2.24) is 0 Å². The Morgan fingerprint density at radius 1 is 0.629 bits per heavy atom. The normalized spacial score (nSPS) is 10.9. The molecule has 6 nitrogen and oxygen atoms in total. The lowest BCUT2D eigenvalue weighted by Gasteiger charge is -2.09. The Bertz CT molecular complexity index is 1340. The average molecular weight is 473 g/mol. The predicted molar refractivity (Wildman–Crippen MR) is 136 cm³/mol. The van der Waals surface area contributed by atoms with Crippen molar-refractivity contribution < 1.29 is 28.9 Å². The van der Waals surface area contributed by atoms with Crippen LogP contribution in [0.4, 0.5) is 0 Å². The molecule has 0 spiro atoms. The van der Waals surface area contributed by atoms with E-state index in [0.29, 0.717) is 18.8 Å². The van der Waals surface area contributed by atoms with Crippen molar-refractivity contribution in [3.05, 3.63) is 83.9 Å². The molecule has 1 N–H and O–H groups in total. The van der Waals surface area contributed by atoms with Crippen molar-refractivity contribution in [2.45, 2.75) is 25.7 Å². The number of benzene rings is 4. The summed E-state index contributed by atoms with van der Waals surface area (Å²) in [7, 11) is 1.38. The highest BCUT2D eigenvalue weighted by Gasteiger charge is 2.07. The molecule has 4 rings (SSSR count). The molecule has 0 saturated heterocycles. The van der Waals surface area contributed by atoms with Gasteiger partial charge in [0, 0.05) is 0 Å². The largest absolute Gasteiger partial charge is 0.494 e. The third-order valence-electron chi connectivity index (χ3n) is 5.87. The first-order valence-electron chi connectivity index (χ1n) is 11.7. The molecule has 180 valence electrons. The Kier molecular flexibility index (Phi) is 7.83. The number of methoxy groups -OCH3 is 1. The first kappa shape index (κ1) is 24.1. The van der Waals surface area contributed by atoms with Crippen LogP contribution >= 0.6 is 0 Å². The van der Waals surface area contributed by atoms with E-state index in [1.807, 2.05) is 48.5 Å². The second-order valence-electron chi connectivity index (χ2n) is 8.36. The van der Waals surface area contributed by atoms with Gasteiger partial charge in [0.1, 0.15) is 11.5 Å². The van der Waals surface area contributed by atoms with Crippen LogP contribution in [0.5, 0.6) is 11.5 Å². The minimum Gasteiger partial charge on any atom is -0.494 e. The molecule has 35 heavy (non-hydrogen) atoms. The fourth-order valence-electron chi connectivity index (χ4n) is 3.94. The van der Waals surface area contributed by atoms with Crippen molar-refractivity contribution in [2.24, 2.45) is 0 Å². The second kappa shape index (κ2) is 11.4. The van der Waals surface area contributed by atoms with E-state index in [1.54, 1.807) is 24.3 Å². The minimum absolute atomic E-state index is 0.282. The molecule has 0 unspecified atom stereocenters. The minimum atomic E-state index is -0.926. The molecule has 0 aliphatic carbocycles. The molecule has 4 aromatic rings. The molecule has 6 heteroatoms. The topological polar surface area (TPSA) is 82.1 Å². The molecule has 0 bridgehead atoms. The van der Waals surface area contributed by atoms with Crippen LogP contribution in [0, 0.1) is 0 Å². The smallest absolute Gasteiger partial charge is 0.337 e. The maximum Gasteiger partial charge on any atom is 0.337 e. The molecule has 0 aliphatic heterocycles. The number of fused-ring (bicyclic) bond motifs is 2. The Labute approximate surface area is 204 Å². The highest BCUT2D eigenvalue weighted by atomic mass is 16.5. The number of ether oxygens (including phenoxy) is 3. The zero-order valence-electron chi connectivity index (χ0n) is 19.7. The van der Waals surface area contributed by atoms with Crippen LogP contribution in [-0.2, 0) is 4.74 Å². The predicted octanol–water partition coefficient (Wildman–Crippen LogP) is 6.50. The van der Waals surface area contributed by atoms with Gasteiger partial charge < -0.3 is 19.3 Å². The van der Waals surface area contributed by atoms with E-state index in [-0.39, 0.29) is 11.5 Å². The summed E-state index contributed by atoms with van der Waals surface area (Å²) in [5.74, 6) is 0.341.